The third kappa shape index (κ3) is 1.74. The second-order valence-electron chi connectivity index (χ2n) is 5.61. The van der Waals surface area contributed by atoms with Crippen LogP contribution in [0.3, 0.4) is 0 Å². The Balaban J connectivity index is 2.50. The normalized spacial score (nSPS) is 20.9. The van der Waals surface area contributed by atoms with E-state index in [4.69, 9.17) is 0 Å². The predicted octanol–water partition coefficient (Wildman–Crippen LogP) is 5.60. The van der Waals surface area contributed by atoms with Crippen molar-refractivity contribution in [3.63, 3.8) is 0 Å². The van der Waals surface area contributed by atoms with Crippen molar-refractivity contribution >= 4 is 21.9 Å². The van der Waals surface area contributed by atoms with Crippen LogP contribution in [0.15, 0.2) is 43.0 Å². The van der Waals surface area contributed by atoms with Gasteiger partial charge in [0, 0.05) is 0 Å². The Morgan fingerprint density at radius 2 is 1.95 bits per heavy atom. The summed E-state index contributed by atoms with van der Waals surface area (Å²) < 4.78 is 0. The van der Waals surface area contributed by atoms with Crippen molar-refractivity contribution in [1.29, 1.82) is 0 Å². The summed E-state index contributed by atoms with van der Waals surface area (Å²) in [4.78, 5) is 0. The van der Waals surface area contributed by atoms with Gasteiger partial charge in [-0.3, -0.25) is 0 Å². The molecule has 0 N–H and O–H groups in total. The number of hydrogen-bond acceptors (Lipinski definition) is 0. The lowest BCUT2D eigenvalue weighted by Gasteiger charge is -2.15. The minimum Gasteiger partial charge on any atom is -0.0952 e. The first-order valence-corrected chi connectivity index (χ1v) is 7.00. The van der Waals surface area contributed by atoms with E-state index in [0.29, 0.717) is 5.92 Å². The molecule has 0 aliphatic heterocycles. The van der Waals surface area contributed by atoms with Gasteiger partial charge in [-0.15, -0.1) is 0 Å². The Morgan fingerprint density at radius 1 is 1.16 bits per heavy atom. The highest BCUT2D eigenvalue weighted by molar-refractivity contribution is 6.04. The predicted molar refractivity (Wildman–Crippen MR) is 85.2 cm³/mol. The molecule has 1 aliphatic carbocycles. The monoisotopic (exact) mass is 248 g/mol. The van der Waals surface area contributed by atoms with Crippen molar-refractivity contribution in [3.05, 3.63) is 59.7 Å². The van der Waals surface area contributed by atoms with Crippen LogP contribution in [0.1, 0.15) is 37.0 Å². The molecule has 0 nitrogen and oxygen atoms in total. The molecule has 0 fully saturated rings. The zero-order valence-electron chi connectivity index (χ0n) is 12.0. The molecule has 0 heteroatoms. The Bertz CT molecular complexity index is 701. The molecule has 1 unspecified atom stereocenters. The molecule has 19 heavy (non-hydrogen) atoms. The van der Waals surface area contributed by atoms with E-state index in [0.717, 1.165) is 6.42 Å². The zero-order valence-corrected chi connectivity index (χ0v) is 12.0. The van der Waals surface area contributed by atoms with Gasteiger partial charge in [-0.05, 0) is 64.8 Å². The van der Waals surface area contributed by atoms with Gasteiger partial charge < -0.3 is 0 Å². The SMILES string of the molecule is C=C1CC(C)C(=CC)c2ccc(C)c3cccc1c23. The Morgan fingerprint density at radius 3 is 2.68 bits per heavy atom. The maximum atomic E-state index is 4.32. The van der Waals surface area contributed by atoms with Crippen molar-refractivity contribution in [3.8, 4) is 0 Å². The molecule has 0 saturated heterocycles. The maximum absolute atomic E-state index is 4.32. The minimum absolute atomic E-state index is 0.538. The van der Waals surface area contributed by atoms with Gasteiger partial charge in [0.25, 0.3) is 0 Å². The van der Waals surface area contributed by atoms with E-state index in [1.807, 2.05) is 0 Å². The smallest absolute Gasteiger partial charge is 0.00309 e. The molecular weight excluding hydrogens is 228 g/mol. The summed E-state index contributed by atoms with van der Waals surface area (Å²) in [5.41, 5.74) is 6.79. The van der Waals surface area contributed by atoms with E-state index in [2.05, 4.69) is 63.8 Å². The highest BCUT2D eigenvalue weighted by Gasteiger charge is 2.21. The third-order valence-corrected chi connectivity index (χ3v) is 4.35. The van der Waals surface area contributed by atoms with Gasteiger partial charge in [-0.1, -0.05) is 49.9 Å². The van der Waals surface area contributed by atoms with Gasteiger partial charge in [0.15, 0.2) is 0 Å². The van der Waals surface area contributed by atoms with Crippen LogP contribution in [0.4, 0.5) is 0 Å². The van der Waals surface area contributed by atoms with Crippen LogP contribution in [0, 0.1) is 12.8 Å². The van der Waals surface area contributed by atoms with Gasteiger partial charge in [-0.2, -0.15) is 0 Å². The van der Waals surface area contributed by atoms with Crippen LogP contribution in [-0.2, 0) is 0 Å². The van der Waals surface area contributed by atoms with Gasteiger partial charge in [0.05, 0.1) is 0 Å². The van der Waals surface area contributed by atoms with Crippen molar-refractivity contribution in [2.45, 2.75) is 27.2 Å². The molecule has 0 aromatic heterocycles. The molecule has 0 heterocycles. The van der Waals surface area contributed by atoms with Gasteiger partial charge in [0.1, 0.15) is 0 Å². The van der Waals surface area contributed by atoms with Crippen molar-refractivity contribution in [1.82, 2.24) is 0 Å². The summed E-state index contributed by atoms with van der Waals surface area (Å²) in [5.74, 6) is 0.538. The molecule has 1 atom stereocenters. The number of benzene rings is 2. The van der Waals surface area contributed by atoms with Crippen molar-refractivity contribution < 1.29 is 0 Å². The lowest BCUT2D eigenvalue weighted by Crippen LogP contribution is -1.97. The summed E-state index contributed by atoms with van der Waals surface area (Å²) in [6.45, 7) is 11.0. The second kappa shape index (κ2) is 4.38. The Labute approximate surface area is 115 Å². The summed E-state index contributed by atoms with van der Waals surface area (Å²) in [5, 5.41) is 2.76. The van der Waals surface area contributed by atoms with E-state index < -0.39 is 0 Å². The average molecular weight is 248 g/mol. The molecule has 0 spiro atoms. The van der Waals surface area contributed by atoms with E-state index in [-0.39, 0.29) is 0 Å². The summed E-state index contributed by atoms with van der Waals surface area (Å²) >= 11 is 0. The Hall–Kier alpha value is -1.82. The van der Waals surface area contributed by atoms with Crippen molar-refractivity contribution in [2.75, 3.05) is 0 Å². The topological polar surface area (TPSA) is 0 Å². The molecule has 0 radical (unpaired) electrons. The van der Waals surface area contributed by atoms with Crippen LogP contribution >= 0.6 is 0 Å². The van der Waals surface area contributed by atoms with Crippen LogP contribution < -0.4 is 0 Å². The molecule has 0 bridgehead atoms. The molecule has 2 aromatic carbocycles. The first-order valence-electron chi connectivity index (χ1n) is 7.00. The molecular formula is C19H20. The fraction of sp³-hybridized carbons (Fsp3) is 0.263. The first kappa shape index (κ1) is 12.2. The molecule has 0 amide bonds. The highest BCUT2D eigenvalue weighted by atomic mass is 14.3. The minimum atomic E-state index is 0.538. The second-order valence-corrected chi connectivity index (χ2v) is 5.61. The van der Waals surface area contributed by atoms with Gasteiger partial charge in [0.2, 0.25) is 0 Å². The van der Waals surface area contributed by atoms with Crippen LogP contribution in [0.25, 0.3) is 21.9 Å². The number of aryl methyl sites for hydroxylation is 1. The van der Waals surface area contributed by atoms with Gasteiger partial charge in [-0.25, -0.2) is 0 Å². The summed E-state index contributed by atoms with van der Waals surface area (Å²) in [7, 11) is 0. The van der Waals surface area contributed by atoms with Crippen LogP contribution in [-0.4, -0.2) is 0 Å². The molecule has 0 saturated carbocycles. The molecule has 3 rings (SSSR count). The quantitative estimate of drug-likeness (QED) is 0.569. The lowest BCUT2D eigenvalue weighted by atomic mass is 9.89. The van der Waals surface area contributed by atoms with E-state index >= 15 is 0 Å². The average Bonchev–Trinajstić information content (AvgIpc) is 2.50. The molecule has 1 aliphatic rings. The van der Waals surface area contributed by atoms with E-state index in [9.17, 15) is 0 Å². The van der Waals surface area contributed by atoms with E-state index in [1.54, 1.807) is 0 Å². The zero-order chi connectivity index (χ0) is 13.6. The molecule has 96 valence electrons. The lowest BCUT2D eigenvalue weighted by molar-refractivity contribution is 0.782. The summed E-state index contributed by atoms with van der Waals surface area (Å²) in [6.07, 6.45) is 3.32. The maximum Gasteiger partial charge on any atom is -0.00309 e. The number of rotatable bonds is 0. The number of allylic oxidation sites excluding steroid dienone is 3. The Kier molecular flexibility index (Phi) is 2.82. The van der Waals surface area contributed by atoms with E-state index in [1.165, 1.54) is 38.6 Å². The molecule has 2 aromatic rings. The highest BCUT2D eigenvalue weighted by Crippen LogP contribution is 2.42. The van der Waals surface area contributed by atoms with Crippen molar-refractivity contribution in [2.24, 2.45) is 5.92 Å². The fourth-order valence-corrected chi connectivity index (χ4v) is 3.38. The standard InChI is InChI=1S/C19H20/c1-5-15-13(3)11-14(4)17-8-6-7-16-12(2)9-10-18(15)19(16)17/h5-10,13H,4,11H2,1-3H3. The summed E-state index contributed by atoms with van der Waals surface area (Å²) in [6, 6.07) is 11.1. The van der Waals surface area contributed by atoms with Crippen LogP contribution in [0.5, 0.6) is 0 Å². The number of hydrogen-bond donors (Lipinski definition) is 0. The first-order chi connectivity index (χ1) is 9.13. The third-order valence-electron chi connectivity index (χ3n) is 4.35. The largest absolute Gasteiger partial charge is 0.0952 e. The van der Waals surface area contributed by atoms with Crippen LogP contribution in [0.2, 0.25) is 0 Å². The fourth-order valence-electron chi connectivity index (χ4n) is 3.38. The van der Waals surface area contributed by atoms with Gasteiger partial charge >= 0.3 is 0 Å².